The average Bonchev–Trinajstić information content (AvgIpc) is 2.97. The first-order valence-electron chi connectivity index (χ1n) is 7.38. The molecule has 2 aromatic rings. The molecule has 0 aliphatic rings. The molecule has 0 bridgehead atoms. The molecular weight excluding hydrogens is 280 g/mol. The lowest BCUT2D eigenvalue weighted by Gasteiger charge is -2.24. The lowest BCUT2D eigenvalue weighted by atomic mass is 9.91. The van der Waals surface area contributed by atoms with Gasteiger partial charge < -0.3 is 10.6 Å². The lowest BCUT2D eigenvalue weighted by Crippen LogP contribution is -2.27. The van der Waals surface area contributed by atoms with Crippen molar-refractivity contribution in [2.75, 3.05) is 23.7 Å². The fourth-order valence-corrected chi connectivity index (χ4v) is 2.89. The molecule has 0 spiro atoms. The zero-order valence-electron chi connectivity index (χ0n) is 13.2. The third-order valence-corrected chi connectivity index (χ3v) is 4.52. The summed E-state index contributed by atoms with van der Waals surface area (Å²) < 4.78 is 0. The summed E-state index contributed by atoms with van der Waals surface area (Å²) in [4.78, 5) is 10.3. The molecule has 0 saturated carbocycles. The topological polar surface area (TPSA) is 49.8 Å². The van der Waals surface area contributed by atoms with Gasteiger partial charge in [-0.05, 0) is 24.8 Å². The first kappa shape index (κ1) is 15.8. The molecule has 0 unspecified atom stereocenters. The van der Waals surface area contributed by atoms with Crippen molar-refractivity contribution in [3.8, 4) is 0 Å². The lowest BCUT2D eigenvalue weighted by molar-refractivity contribution is 0.568. The highest BCUT2D eigenvalue weighted by molar-refractivity contribution is 7.10. The maximum Gasteiger partial charge on any atom is 0.224 e. The van der Waals surface area contributed by atoms with Gasteiger partial charge in [-0.1, -0.05) is 26.8 Å². The average molecular weight is 304 g/mol. The van der Waals surface area contributed by atoms with Crippen molar-refractivity contribution in [1.82, 2.24) is 9.97 Å². The van der Waals surface area contributed by atoms with E-state index >= 15 is 0 Å². The van der Waals surface area contributed by atoms with E-state index in [1.165, 1.54) is 4.88 Å². The van der Waals surface area contributed by atoms with E-state index in [1.807, 2.05) is 13.0 Å². The normalized spacial score (nSPS) is 11.4. The van der Waals surface area contributed by atoms with Crippen LogP contribution in [0.15, 0.2) is 23.6 Å². The fraction of sp³-hybridized carbons (Fsp3) is 0.500. The van der Waals surface area contributed by atoms with E-state index in [4.69, 9.17) is 0 Å². The zero-order valence-corrected chi connectivity index (χ0v) is 14.0. The Balaban J connectivity index is 2.04. The minimum atomic E-state index is 0.0873. The number of aromatic nitrogens is 2. The second-order valence-corrected chi connectivity index (χ2v) is 6.81. The molecule has 2 heterocycles. The van der Waals surface area contributed by atoms with Crippen LogP contribution in [0.5, 0.6) is 0 Å². The fourth-order valence-electron chi connectivity index (χ4n) is 2.04. The quantitative estimate of drug-likeness (QED) is 0.810. The second kappa shape index (κ2) is 6.89. The van der Waals surface area contributed by atoms with Gasteiger partial charge in [0.15, 0.2) is 0 Å². The maximum atomic E-state index is 4.53. The van der Waals surface area contributed by atoms with Gasteiger partial charge in [-0.25, -0.2) is 4.98 Å². The minimum absolute atomic E-state index is 0.0873. The van der Waals surface area contributed by atoms with Gasteiger partial charge >= 0.3 is 0 Å². The molecular formula is C16H24N4S. The second-order valence-electron chi connectivity index (χ2n) is 5.86. The van der Waals surface area contributed by atoms with Crippen molar-refractivity contribution in [1.29, 1.82) is 0 Å². The maximum absolute atomic E-state index is 4.53. The number of anilines is 2. The van der Waals surface area contributed by atoms with Crippen LogP contribution >= 0.6 is 11.3 Å². The van der Waals surface area contributed by atoms with Crippen molar-refractivity contribution in [2.45, 2.75) is 39.5 Å². The van der Waals surface area contributed by atoms with Crippen molar-refractivity contribution < 1.29 is 0 Å². The zero-order chi connectivity index (χ0) is 15.3. The number of thiophene rings is 1. The van der Waals surface area contributed by atoms with Crippen LogP contribution in [0.1, 0.15) is 37.8 Å². The number of hydrogen-bond acceptors (Lipinski definition) is 5. The smallest absolute Gasteiger partial charge is 0.224 e. The van der Waals surface area contributed by atoms with Crippen LogP contribution < -0.4 is 10.6 Å². The summed E-state index contributed by atoms with van der Waals surface area (Å²) in [6, 6.07) is 6.27. The third-order valence-electron chi connectivity index (χ3n) is 3.29. The van der Waals surface area contributed by atoms with Gasteiger partial charge in [-0.15, -0.1) is 11.3 Å². The van der Waals surface area contributed by atoms with Crippen molar-refractivity contribution in [2.24, 2.45) is 0 Å². The summed E-state index contributed by atoms with van der Waals surface area (Å²) in [5, 5.41) is 8.81. The van der Waals surface area contributed by atoms with E-state index in [2.05, 4.69) is 58.9 Å². The summed E-state index contributed by atoms with van der Waals surface area (Å²) in [6.07, 6.45) is 1.06. The monoisotopic (exact) mass is 304 g/mol. The first-order chi connectivity index (χ1) is 10.0. The Labute approximate surface area is 131 Å². The summed E-state index contributed by atoms with van der Waals surface area (Å²) >= 11 is 1.80. The molecule has 21 heavy (non-hydrogen) atoms. The van der Waals surface area contributed by atoms with Crippen LogP contribution in [0.2, 0.25) is 0 Å². The predicted octanol–water partition coefficient (Wildman–Crippen LogP) is 4.06. The van der Waals surface area contributed by atoms with Crippen LogP contribution in [-0.2, 0) is 5.41 Å². The van der Waals surface area contributed by atoms with E-state index in [0.717, 1.165) is 31.0 Å². The van der Waals surface area contributed by atoms with Crippen molar-refractivity contribution in [3.05, 3.63) is 34.2 Å². The highest BCUT2D eigenvalue weighted by atomic mass is 32.1. The molecule has 0 amide bonds. The number of nitrogens with zero attached hydrogens (tertiary/aromatic N) is 2. The Bertz CT molecular complexity index is 564. The Morgan fingerprint density at radius 1 is 1.24 bits per heavy atom. The standard InChI is InChI=1S/C16H24N4S/c1-5-8-17-15-19-12(2)10-14(20-15)18-11-16(3,4)13-7-6-9-21-13/h6-7,9-10H,5,8,11H2,1-4H3,(H2,17,18,19,20). The van der Waals surface area contributed by atoms with Gasteiger partial charge in [0.2, 0.25) is 5.95 Å². The number of nitrogens with one attached hydrogen (secondary N) is 2. The van der Waals surface area contributed by atoms with E-state index in [1.54, 1.807) is 11.3 Å². The number of aryl methyl sites for hydroxylation is 1. The first-order valence-corrected chi connectivity index (χ1v) is 8.26. The van der Waals surface area contributed by atoms with Gasteiger partial charge in [0.1, 0.15) is 5.82 Å². The Morgan fingerprint density at radius 2 is 2.05 bits per heavy atom. The van der Waals surface area contributed by atoms with Crippen LogP contribution in [0.4, 0.5) is 11.8 Å². The molecule has 0 radical (unpaired) electrons. The van der Waals surface area contributed by atoms with Crippen LogP contribution in [0.25, 0.3) is 0 Å². The highest BCUT2D eigenvalue weighted by Gasteiger charge is 2.21. The summed E-state index contributed by atoms with van der Waals surface area (Å²) in [7, 11) is 0. The van der Waals surface area contributed by atoms with Gasteiger partial charge in [-0.2, -0.15) is 4.98 Å². The van der Waals surface area contributed by atoms with Gasteiger partial charge in [0, 0.05) is 35.1 Å². The van der Waals surface area contributed by atoms with E-state index < -0.39 is 0 Å². The van der Waals surface area contributed by atoms with Crippen LogP contribution in [0, 0.1) is 6.92 Å². The Morgan fingerprint density at radius 3 is 2.71 bits per heavy atom. The molecule has 0 atom stereocenters. The van der Waals surface area contributed by atoms with Gasteiger partial charge in [0.25, 0.3) is 0 Å². The third kappa shape index (κ3) is 4.43. The summed E-state index contributed by atoms with van der Waals surface area (Å²) in [5.74, 6) is 1.58. The van der Waals surface area contributed by atoms with Crippen LogP contribution in [0.3, 0.4) is 0 Å². The Kier molecular flexibility index (Phi) is 5.17. The number of rotatable bonds is 7. The summed E-state index contributed by atoms with van der Waals surface area (Å²) in [6.45, 7) is 10.4. The molecule has 0 saturated heterocycles. The molecule has 4 nitrogen and oxygen atoms in total. The SMILES string of the molecule is CCCNc1nc(C)cc(NCC(C)(C)c2cccs2)n1. The van der Waals surface area contributed by atoms with E-state index in [0.29, 0.717) is 5.95 Å². The molecule has 114 valence electrons. The van der Waals surface area contributed by atoms with Crippen molar-refractivity contribution >= 4 is 23.1 Å². The molecule has 0 aliphatic heterocycles. The minimum Gasteiger partial charge on any atom is -0.369 e. The van der Waals surface area contributed by atoms with Crippen molar-refractivity contribution in [3.63, 3.8) is 0 Å². The molecule has 0 fully saturated rings. The molecule has 5 heteroatoms. The molecule has 2 aromatic heterocycles. The van der Waals surface area contributed by atoms with E-state index in [9.17, 15) is 0 Å². The molecule has 0 aliphatic carbocycles. The molecule has 2 rings (SSSR count). The molecule has 2 N–H and O–H groups in total. The van der Waals surface area contributed by atoms with E-state index in [-0.39, 0.29) is 5.41 Å². The highest BCUT2D eigenvalue weighted by Crippen LogP contribution is 2.27. The predicted molar refractivity (Wildman–Crippen MR) is 91.4 cm³/mol. The van der Waals surface area contributed by atoms with Crippen LogP contribution in [-0.4, -0.2) is 23.1 Å². The molecule has 0 aromatic carbocycles. The van der Waals surface area contributed by atoms with Gasteiger partial charge in [-0.3, -0.25) is 0 Å². The van der Waals surface area contributed by atoms with Gasteiger partial charge in [0.05, 0.1) is 0 Å². The number of hydrogen-bond donors (Lipinski definition) is 2. The summed E-state index contributed by atoms with van der Waals surface area (Å²) in [5.41, 5.74) is 1.06. The Hall–Kier alpha value is -1.62. The largest absolute Gasteiger partial charge is 0.369 e.